The molecule has 3 aromatic heterocycles. The van der Waals surface area contributed by atoms with E-state index in [9.17, 15) is 9.59 Å². The number of imidazole rings is 2. The smallest absolute Gasteiger partial charge is 0.327 e. The minimum atomic E-state index is -0.206. The minimum Gasteiger partial charge on any atom is -0.352 e. The molecule has 142 valence electrons. The third kappa shape index (κ3) is 3.57. The summed E-state index contributed by atoms with van der Waals surface area (Å²) in [5.74, 6) is -0.116. The first-order valence-corrected chi connectivity index (χ1v) is 9.02. The summed E-state index contributed by atoms with van der Waals surface area (Å²) in [5.41, 5.74) is 4.41. The summed E-state index contributed by atoms with van der Waals surface area (Å²) >= 11 is 0. The van der Waals surface area contributed by atoms with Crippen molar-refractivity contribution in [3.05, 3.63) is 70.8 Å². The van der Waals surface area contributed by atoms with Crippen molar-refractivity contribution in [1.29, 1.82) is 0 Å². The van der Waals surface area contributed by atoms with Crippen molar-refractivity contribution >= 4 is 17.1 Å². The van der Waals surface area contributed by atoms with Crippen molar-refractivity contribution in [3.63, 3.8) is 0 Å². The minimum absolute atomic E-state index is 0.116. The molecule has 4 rings (SSSR count). The lowest BCUT2D eigenvalue weighted by molar-refractivity contribution is 0.0953. The van der Waals surface area contributed by atoms with Gasteiger partial charge < -0.3 is 10.3 Å². The molecule has 1 aromatic carbocycles. The molecule has 3 heterocycles. The van der Waals surface area contributed by atoms with Crippen LogP contribution in [0.15, 0.2) is 53.8 Å². The van der Waals surface area contributed by atoms with Crippen LogP contribution in [0.1, 0.15) is 22.5 Å². The number of nitrogens with zero attached hydrogens (tertiary/aromatic N) is 3. The molecule has 28 heavy (non-hydrogen) atoms. The van der Waals surface area contributed by atoms with Gasteiger partial charge in [-0.05, 0) is 36.6 Å². The molecule has 8 nitrogen and oxygen atoms in total. The maximum atomic E-state index is 12.5. The Kier molecular flexibility index (Phi) is 4.76. The number of amides is 1. The SMILES string of the molecule is Cn1c(=O)[nH]c2ncc(-c3cccc(C(=O)NCCCc4cnc[nH]4)c3)cc21. The molecule has 0 radical (unpaired) electrons. The lowest BCUT2D eigenvalue weighted by Gasteiger charge is -2.07. The van der Waals surface area contributed by atoms with E-state index in [1.807, 2.05) is 24.3 Å². The third-order valence-corrected chi connectivity index (χ3v) is 4.68. The van der Waals surface area contributed by atoms with E-state index in [1.54, 1.807) is 31.8 Å². The highest BCUT2D eigenvalue weighted by Gasteiger charge is 2.10. The van der Waals surface area contributed by atoms with Crippen LogP contribution in [0.4, 0.5) is 0 Å². The molecule has 0 aliphatic heterocycles. The van der Waals surface area contributed by atoms with Gasteiger partial charge in [0.25, 0.3) is 5.91 Å². The molecular formula is C20H20N6O2. The van der Waals surface area contributed by atoms with Gasteiger partial charge in [0.05, 0.1) is 11.8 Å². The number of hydrogen-bond donors (Lipinski definition) is 3. The molecule has 0 aliphatic carbocycles. The molecule has 0 unspecified atom stereocenters. The first-order valence-electron chi connectivity index (χ1n) is 9.02. The Morgan fingerprint density at radius 3 is 2.93 bits per heavy atom. The summed E-state index contributed by atoms with van der Waals surface area (Å²) < 4.78 is 1.52. The van der Waals surface area contributed by atoms with Crippen LogP contribution in [0.5, 0.6) is 0 Å². The van der Waals surface area contributed by atoms with Gasteiger partial charge in [-0.25, -0.2) is 14.8 Å². The molecule has 0 saturated carbocycles. The number of aryl methyl sites for hydroxylation is 2. The number of pyridine rings is 1. The molecule has 0 spiro atoms. The van der Waals surface area contributed by atoms with Gasteiger partial charge in [0.2, 0.25) is 0 Å². The van der Waals surface area contributed by atoms with Gasteiger partial charge in [0.1, 0.15) is 0 Å². The second kappa shape index (κ2) is 7.51. The topological polar surface area (TPSA) is 108 Å². The van der Waals surface area contributed by atoms with Gasteiger partial charge in [0.15, 0.2) is 5.65 Å². The highest BCUT2D eigenvalue weighted by atomic mass is 16.2. The van der Waals surface area contributed by atoms with Crippen molar-refractivity contribution in [3.8, 4) is 11.1 Å². The Hall–Kier alpha value is -3.68. The van der Waals surface area contributed by atoms with Crippen LogP contribution in [0, 0.1) is 0 Å². The fourth-order valence-corrected chi connectivity index (χ4v) is 3.10. The van der Waals surface area contributed by atoms with E-state index in [-0.39, 0.29) is 11.6 Å². The lowest BCUT2D eigenvalue weighted by atomic mass is 10.0. The van der Waals surface area contributed by atoms with Gasteiger partial charge in [-0.2, -0.15) is 0 Å². The quantitative estimate of drug-likeness (QED) is 0.447. The zero-order chi connectivity index (χ0) is 19.5. The number of carbonyl (C=O) groups excluding carboxylic acids is 1. The molecule has 0 saturated heterocycles. The van der Waals surface area contributed by atoms with E-state index in [0.717, 1.165) is 35.2 Å². The van der Waals surface area contributed by atoms with E-state index >= 15 is 0 Å². The van der Waals surface area contributed by atoms with Crippen LogP contribution in [-0.2, 0) is 13.5 Å². The number of aromatic nitrogens is 5. The normalized spacial score (nSPS) is 11.0. The van der Waals surface area contributed by atoms with E-state index in [2.05, 4.69) is 25.3 Å². The number of benzene rings is 1. The first-order chi connectivity index (χ1) is 13.6. The molecule has 1 amide bonds. The number of nitrogens with one attached hydrogen (secondary N) is 3. The summed E-state index contributed by atoms with van der Waals surface area (Å²) in [4.78, 5) is 38.2. The van der Waals surface area contributed by atoms with Crippen LogP contribution in [0.3, 0.4) is 0 Å². The predicted molar refractivity (Wildman–Crippen MR) is 106 cm³/mol. The van der Waals surface area contributed by atoms with Crippen molar-refractivity contribution in [2.75, 3.05) is 6.54 Å². The van der Waals surface area contributed by atoms with Crippen molar-refractivity contribution < 1.29 is 4.79 Å². The Morgan fingerprint density at radius 1 is 1.21 bits per heavy atom. The average molecular weight is 376 g/mol. The number of aromatic amines is 2. The number of hydrogen-bond acceptors (Lipinski definition) is 4. The molecular weight excluding hydrogens is 356 g/mol. The Bertz CT molecular complexity index is 1170. The highest BCUT2D eigenvalue weighted by molar-refractivity contribution is 5.95. The van der Waals surface area contributed by atoms with Crippen LogP contribution in [-0.4, -0.2) is 37.0 Å². The van der Waals surface area contributed by atoms with Crippen molar-refractivity contribution in [2.45, 2.75) is 12.8 Å². The van der Waals surface area contributed by atoms with Gasteiger partial charge >= 0.3 is 5.69 Å². The summed E-state index contributed by atoms with van der Waals surface area (Å²) in [6, 6.07) is 9.27. The fourth-order valence-electron chi connectivity index (χ4n) is 3.10. The third-order valence-electron chi connectivity index (χ3n) is 4.68. The Labute approximate surface area is 160 Å². The first kappa shape index (κ1) is 17.7. The Balaban J connectivity index is 1.47. The van der Waals surface area contributed by atoms with E-state index in [1.165, 1.54) is 4.57 Å². The van der Waals surface area contributed by atoms with Crippen LogP contribution >= 0.6 is 0 Å². The lowest BCUT2D eigenvalue weighted by Crippen LogP contribution is -2.24. The van der Waals surface area contributed by atoms with Crippen molar-refractivity contribution in [1.82, 2.24) is 29.8 Å². The maximum Gasteiger partial charge on any atom is 0.327 e. The van der Waals surface area contributed by atoms with Gasteiger partial charge in [-0.3, -0.25) is 14.3 Å². The molecule has 0 aliphatic rings. The van der Waals surface area contributed by atoms with E-state index < -0.39 is 0 Å². The van der Waals surface area contributed by atoms with Crippen LogP contribution < -0.4 is 11.0 Å². The largest absolute Gasteiger partial charge is 0.352 e. The number of fused-ring (bicyclic) bond motifs is 1. The summed E-state index contributed by atoms with van der Waals surface area (Å²) in [7, 11) is 1.69. The van der Waals surface area contributed by atoms with Gasteiger partial charge in [-0.1, -0.05) is 12.1 Å². The molecule has 3 N–H and O–H groups in total. The second-order valence-electron chi connectivity index (χ2n) is 6.60. The average Bonchev–Trinajstić information content (AvgIpc) is 3.33. The monoisotopic (exact) mass is 376 g/mol. The summed E-state index contributed by atoms with van der Waals surface area (Å²) in [5, 5.41) is 2.94. The van der Waals surface area contributed by atoms with Gasteiger partial charge in [0, 0.05) is 42.8 Å². The van der Waals surface area contributed by atoms with E-state index in [0.29, 0.717) is 17.8 Å². The number of H-pyrrole nitrogens is 2. The number of rotatable bonds is 6. The number of carbonyl (C=O) groups is 1. The van der Waals surface area contributed by atoms with Crippen molar-refractivity contribution in [2.24, 2.45) is 7.05 Å². The molecule has 0 fully saturated rings. The second-order valence-corrected chi connectivity index (χ2v) is 6.60. The zero-order valence-corrected chi connectivity index (χ0v) is 15.4. The summed E-state index contributed by atoms with van der Waals surface area (Å²) in [6.45, 7) is 0.584. The summed E-state index contributed by atoms with van der Waals surface area (Å²) in [6.07, 6.45) is 6.80. The standard InChI is InChI=1S/C20H20N6O2/c1-26-17-9-15(10-23-18(17)25-20(26)28)13-4-2-5-14(8-13)19(27)22-7-3-6-16-11-21-12-24-16/h2,4-5,8-12H,3,6-7H2,1H3,(H,21,24)(H,22,27)(H,23,25,28). The predicted octanol–water partition coefficient (Wildman–Crippen LogP) is 2.01. The van der Waals surface area contributed by atoms with Gasteiger partial charge in [-0.15, -0.1) is 0 Å². The van der Waals surface area contributed by atoms with Crippen LogP contribution in [0.2, 0.25) is 0 Å². The maximum absolute atomic E-state index is 12.5. The molecule has 8 heteroatoms. The Morgan fingerprint density at radius 2 is 2.11 bits per heavy atom. The fraction of sp³-hybridized carbons (Fsp3) is 0.200. The van der Waals surface area contributed by atoms with Crippen LogP contribution in [0.25, 0.3) is 22.3 Å². The molecule has 0 bridgehead atoms. The highest BCUT2D eigenvalue weighted by Crippen LogP contribution is 2.22. The van der Waals surface area contributed by atoms with E-state index in [4.69, 9.17) is 0 Å². The zero-order valence-electron chi connectivity index (χ0n) is 15.4. The molecule has 0 atom stereocenters. The molecule has 4 aromatic rings.